The first kappa shape index (κ1) is 9.40. The number of nitrogens with one attached hydrogen (secondary N) is 1. The lowest BCUT2D eigenvalue weighted by Crippen LogP contribution is -2.11. The second kappa shape index (κ2) is 3.53. The van der Waals surface area contributed by atoms with E-state index in [4.69, 9.17) is 0 Å². The van der Waals surface area contributed by atoms with Gasteiger partial charge in [-0.25, -0.2) is 9.97 Å². The van der Waals surface area contributed by atoms with Gasteiger partial charge in [0.2, 0.25) is 0 Å². The number of aromatic nitrogens is 2. The molecule has 0 unspecified atom stereocenters. The number of aryl methyl sites for hydroxylation is 1. The molecule has 0 fully saturated rings. The zero-order valence-corrected chi connectivity index (χ0v) is 9.35. The van der Waals surface area contributed by atoms with E-state index in [0.29, 0.717) is 6.04 Å². The molecular weight excluding hydrogens is 194 g/mol. The van der Waals surface area contributed by atoms with E-state index < -0.39 is 0 Å². The van der Waals surface area contributed by atoms with Crippen molar-refractivity contribution in [3.63, 3.8) is 0 Å². The molecule has 0 atom stereocenters. The van der Waals surface area contributed by atoms with Gasteiger partial charge in [0, 0.05) is 10.9 Å². The van der Waals surface area contributed by atoms with Gasteiger partial charge < -0.3 is 5.32 Å². The Labute approximate surface area is 87.2 Å². The Morgan fingerprint density at radius 3 is 2.86 bits per heavy atom. The highest BCUT2D eigenvalue weighted by Gasteiger charge is 2.06. The van der Waals surface area contributed by atoms with Gasteiger partial charge in [0.25, 0.3) is 0 Å². The summed E-state index contributed by atoms with van der Waals surface area (Å²) in [5.74, 6) is 0.939. The molecule has 0 aromatic carbocycles. The maximum absolute atomic E-state index is 4.24. The summed E-state index contributed by atoms with van der Waals surface area (Å²) in [4.78, 5) is 10.8. The van der Waals surface area contributed by atoms with E-state index in [1.165, 1.54) is 4.88 Å². The summed E-state index contributed by atoms with van der Waals surface area (Å²) in [7, 11) is 0. The van der Waals surface area contributed by atoms with Gasteiger partial charge in [-0.3, -0.25) is 0 Å². The summed E-state index contributed by atoms with van der Waals surface area (Å²) in [5.41, 5.74) is 0. The van der Waals surface area contributed by atoms with Gasteiger partial charge in [0.1, 0.15) is 17.0 Å². The maximum atomic E-state index is 4.24. The first-order chi connectivity index (χ1) is 6.66. The lowest BCUT2D eigenvalue weighted by Gasteiger charge is -2.08. The summed E-state index contributed by atoms with van der Waals surface area (Å²) in [6.45, 7) is 6.30. The number of nitrogens with zero attached hydrogens (tertiary/aromatic N) is 2. The third-order valence-electron chi connectivity index (χ3n) is 1.88. The SMILES string of the molecule is Cc1cc2c(NC(C)C)ncnc2s1. The average Bonchev–Trinajstić information content (AvgIpc) is 2.45. The van der Waals surface area contributed by atoms with Crippen LogP contribution < -0.4 is 5.32 Å². The van der Waals surface area contributed by atoms with Gasteiger partial charge in [-0.2, -0.15) is 0 Å². The van der Waals surface area contributed by atoms with Crippen molar-refractivity contribution < 1.29 is 0 Å². The molecule has 4 heteroatoms. The highest BCUT2D eigenvalue weighted by atomic mass is 32.1. The molecule has 74 valence electrons. The highest BCUT2D eigenvalue weighted by molar-refractivity contribution is 7.18. The van der Waals surface area contributed by atoms with E-state index in [1.54, 1.807) is 17.7 Å². The molecule has 0 amide bonds. The number of hydrogen-bond donors (Lipinski definition) is 1. The quantitative estimate of drug-likeness (QED) is 0.822. The third-order valence-corrected chi connectivity index (χ3v) is 2.84. The molecule has 2 aromatic heterocycles. The minimum Gasteiger partial charge on any atom is -0.367 e. The number of thiophene rings is 1. The smallest absolute Gasteiger partial charge is 0.138 e. The van der Waals surface area contributed by atoms with Gasteiger partial charge in [-0.15, -0.1) is 11.3 Å². The third kappa shape index (κ3) is 1.70. The predicted octanol–water partition coefficient (Wildman–Crippen LogP) is 2.82. The summed E-state index contributed by atoms with van der Waals surface area (Å²) in [6.07, 6.45) is 1.61. The van der Waals surface area contributed by atoms with Gasteiger partial charge in [-0.1, -0.05) is 0 Å². The van der Waals surface area contributed by atoms with Crippen LogP contribution in [0.4, 0.5) is 5.82 Å². The van der Waals surface area contributed by atoms with Crippen molar-refractivity contribution in [2.45, 2.75) is 26.8 Å². The van der Waals surface area contributed by atoms with Gasteiger partial charge in [0.15, 0.2) is 0 Å². The van der Waals surface area contributed by atoms with E-state index in [9.17, 15) is 0 Å². The first-order valence-electron chi connectivity index (χ1n) is 4.64. The van der Waals surface area contributed by atoms with Crippen LogP contribution in [0.5, 0.6) is 0 Å². The molecule has 0 saturated carbocycles. The molecular formula is C10H13N3S. The van der Waals surface area contributed by atoms with Gasteiger partial charge in [0.05, 0.1) is 5.39 Å². The lowest BCUT2D eigenvalue weighted by molar-refractivity contribution is 0.890. The Morgan fingerprint density at radius 2 is 2.14 bits per heavy atom. The lowest BCUT2D eigenvalue weighted by atomic mass is 10.3. The Kier molecular flexibility index (Phi) is 2.37. The summed E-state index contributed by atoms with van der Waals surface area (Å²) < 4.78 is 0. The molecule has 0 bridgehead atoms. The van der Waals surface area contributed by atoms with E-state index in [0.717, 1.165) is 16.0 Å². The topological polar surface area (TPSA) is 37.8 Å². The normalized spacial score (nSPS) is 11.1. The molecule has 1 N–H and O–H groups in total. The summed E-state index contributed by atoms with van der Waals surface area (Å²) in [5, 5.41) is 4.45. The van der Waals surface area contributed by atoms with Crippen LogP contribution in [0.25, 0.3) is 10.2 Å². The fourth-order valence-corrected chi connectivity index (χ4v) is 2.21. The van der Waals surface area contributed by atoms with Crippen molar-refractivity contribution in [3.05, 3.63) is 17.3 Å². The summed E-state index contributed by atoms with van der Waals surface area (Å²) >= 11 is 1.70. The number of fused-ring (bicyclic) bond motifs is 1. The second-order valence-electron chi connectivity index (χ2n) is 3.60. The monoisotopic (exact) mass is 207 g/mol. The predicted molar refractivity (Wildman–Crippen MR) is 60.9 cm³/mol. The fourth-order valence-electron chi connectivity index (χ4n) is 1.36. The van der Waals surface area contributed by atoms with Crippen LogP contribution in [0.2, 0.25) is 0 Å². The molecule has 0 aliphatic carbocycles. The zero-order valence-electron chi connectivity index (χ0n) is 8.53. The maximum Gasteiger partial charge on any atom is 0.138 e. The first-order valence-corrected chi connectivity index (χ1v) is 5.46. The standard InChI is InChI=1S/C10H13N3S/c1-6(2)13-9-8-4-7(3)14-10(8)12-5-11-9/h4-6H,1-3H3,(H,11,12,13). The largest absolute Gasteiger partial charge is 0.367 e. The van der Waals surface area contributed by atoms with Crippen molar-refractivity contribution in [3.8, 4) is 0 Å². The Bertz CT molecular complexity index is 448. The minimum absolute atomic E-state index is 0.397. The van der Waals surface area contributed by atoms with Crippen LogP contribution in [0, 0.1) is 6.92 Å². The van der Waals surface area contributed by atoms with Crippen LogP contribution in [-0.2, 0) is 0 Å². The van der Waals surface area contributed by atoms with E-state index in [-0.39, 0.29) is 0 Å². The number of hydrogen-bond acceptors (Lipinski definition) is 4. The number of rotatable bonds is 2. The molecule has 0 saturated heterocycles. The molecule has 2 rings (SSSR count). The molecule has 14 heavy (non-hydrogen) atoms. The molecule has 3 nitrogen and oxygen atoms in total. The van der Waals surface area contributed by atoms with Crippen molar-refractivity contribution in [2.24, 2.45) is 0 Å². The van der Waals surface area contributed by atoms with Crippen LogP contribution in [0.3, 0.4) is 0 Å². The molecule has 0 radical (unpaired) electrons. The van der Waals surface area contributed by atoms with E-state index in [1.807, 2.05) is 0 Å². The second-order valence-corrected chi connectivity index (χ2v) is 4.83. The molecule has 0 aliphatic heterocycles. The molecule has 0 aliphatic rings. The van der Waals surface area contributed by atoms with Crippen molar-refractivity contribution in [1.82, 2.24) is 9.97 Å². The Hall–Kier alpha value is -1.16. The fraction of sp³-hybridized carbons (Fsp3) is 0.400. The Morgan fingerprint density at radius 1 is 1.36 bits per heavy atom. The van der Waals surface area contributed by atoms with Gasteiger partial charge in [-0.05, 0) is 26.8 Å². The Balaban J connectivity index is 2.53. The van der Waals surface area contributed by atoms with Crippen LogP contribution in [-0.4, -0.2) is 16.0 Å². The molecule has 2 heterocycles. The zero-order chi connectivity index (χ0) is 10.1. The van der Waals surface area contributed by atoms with Crippen molar-refractivity contribution in [1.29, 1.82) is 0 Å². The van der Waals surface area contributed by atoms with Crippen LogP contribution >= 0.6 is 11.3 Å². The van der Waals surface area contributed by atoms with E-state index in [2.05, 4.69) is 42.1 Å². The highest BCUT2D eigenvalue weighted by Crippen LogP contribution is 2.27. The van der Waals surface area contributed by atoms with E-state index >= 15 is 0 Å². The summed E-state index contributed by atoms with van der Waals surface area (Å²) in [6, 6.07) is 2.53. The van der Waals surface area contributed by atoms with Crippen LogP contribution in [0.15, 0.2) is 12.4 Å². The van der Waals surface area contributed by atoms with Crippen molar-refractivity contribution >= 4 is 27.4 Å². The van der Waals surface area contributed by atoms with Crippen molar-refractivity contribution in [2.75, 3.05) is 5.32 Å². The molecule has 0 spiro atoms. The minimum atomic E-state index is 0.397. The van der Waals surface area contributed by atoms with Crippen LogP contribution in [0.1, 0.15) is 18.7 Å². The molecule has 2 aromatic rings. The average molecular weight is 207 g/mol. The van der Waals surface area contributed by atoms with Gasteiger partial charge >= 0.3 is 0 Å². The number of anilines is 1.